The van der Waals surface area contributed by atoms with Crippen LogP contribution in [0.1, 0.15) is 27.6 Å². The number of pyridine rings is 1. The molecule has 2 rings (SSSR count). The Hall–Kier alpha value is -2.69. The van der Waals surface area contributed by atoms with Crippen LogP contribution < -0.4 is 10.2 Å². The summed E-state index contributed by atoms with van der Waals surface area (Å²) in [6.45, 7) is 1.51. The van der Waals surface area contributed by atoms with Crippen LogP contribution in [0.25, 0.3) is 0 Å². The molecule has 0 saturated carbocycles. The number of rotatable bonds is 4. The van der Waals surface area contributed by atoms with Crippen molar-refractivity contribution in [1.29, 1.82) is 0 Å². The molecule has 0 aliphatic rings. The van der Waals surface area contributed by atoms with E-state index in [2.05, 4.69) is 10.3 Å². The number of hydrogen-bond donors (Lipinski definition) is 1. The van der Waals surface area contributed by atoms with Gasteiger partial charge in [0.1, 0.15) is 5.82 Å². The molecule has 1 aromatic heterocycles. The highest BCUT2D eigenvalue weighted by Gasteiger charge is 2.13. The van der Waals surface area contributed by atoms with Crippen LogP contribution >= 0.6 is 0 Å². The Kier molecular flexibility index (Phi) is 4.33. The van der Waals surface area contributed by atoms with E-state index < -0.39 is 0 Å². The highest BCUT2D eigenvalue weighted by atomic mass is 16.1. The molecule has 0 radical (unpaired) electrons. The summed E-state index contributed by atoms with van der Waals surface area (Å²) in [5, 5.41) is 2.80. The van der Waals surface area contributed by atoms with Crippen LogP contribution in [0, 0.1) is 0 Å². The lowest BCUT2D eigenvalue weighted by Gasteiger charge is -2.15. The Labute approximate surface area is 123 Å². The van der Waals surface area contributed by atoms with E-state index in [0.717, 1.165) is 0 Å². The van der Waals surface area contributed by atoms with Crippen LogP contribution in [0.15, 0.2) is 42.6 Å². The molecule has 0 saturated heterocycles. The molecule has 5 nitrogen and oxygen atoms in total. The topological polar surface area (TPSA) is 62.3 Å². The highest BCUT2D eigenvalue weighted by Crippen LogP contribution is 2.17. The Balaban J connectivity index is 2.20. The maximum absolute atomic E-state index is 12.3. The molecule has 1 heterocycles. The van der Waals surface area contributed by atoms with E-state index in [1.807, 2.05) is 14.1 Å². The number of benzene rings is 1. The van der Waals surface area contributed by atoms with Gasteiger partial charge in [-0.2, -0.15) is 0 Å². The molecular formula is C16H17N3O2. The zero-order valence-electron chi connectivity index (χ0n) is 12.3. The molecular weight excluding hydrogens is 266 g/mol. The molecule has 5 heteroatoms. The van der Waals surface area contributed by atoms with Crippen molar-refractivity contribution in [1.82, 2.24) is 4.98 Å². The number of carbonyl (C=O) groups excluding carboxylic acids is 2. The van der Waals surface area contributed by atoms with Gasteiger partial charge in [-0.3, -0.25) is 9.59 Å². The maximum atomic E-state index is 12.3. The molecule has 1 aromatic carbocycles. The van der Waals surface area contributed by atoms with E-state index in [1.54, 1.807) is 47.5 Å². The Morgan fingerprint density at radius 2 is 1.76 bits per heavy atom. The van der Waals surface area contributed by atoms with Gasteiger partial charge in [0.2, 0.25) is 0 Å². The molecule has 0 aliphatic carbocycles. The summed E-state index contributed by atoms with van der Waals surface area (Å²) in [6.07, 6.45) is 1.65. The minimum absolute atomic E-state index is 0.00460. The van der Waals surface area contributed by atoms with E-state index in [-0.39, 0.29) is 11.7 Å². The fraction of sp³-hybridized carbons (Fsp3) is 0.188. The average molecular weight is 283 g/mol. The van der Waals surface area contributed by atoms with Gasteiger partial charge in [0.15, 0.2) is 5.78 Å². The monoisotopic (exact) mass is 283 g/mol. The molecule has 0 aliphatic heterocycles. The third kappa shape index (κ3) is 3.45. The summed E-state index contributed by atoms with van der Waals surface area (Å²) in [6, 6.07) is 10.2. The first kappa shape index (κ1) is 14.7. The number of Topliss-reactive ketones (excluding diaryl/α,β-unsaturated/α-hetero) is 1. The Bertz CT molecular complexity index is 663. The van der Waals surface area contributed by atoms with Gasteiger partial charge in [0, 0.05) is 31.5 Å². The summed E-state index contributed by atoms with van der Waals surface area (Å²) in [5.74, 6) is 0.368. The molecule has 1 N–H and O–H groups in total. The summed E-state index contributed by atoms with van der Waals surface area (Å²) in [4.78, 5) is 29.5. The number of amides is 1. The maximum Gasteiger partial charge on any atom is 0.259 e. The van der Waals surface area contributed by atoms with Gasteiger partial charge in [-0.25, -0.2) is 4.98 Å². The minimum Gasteiger partial charge on any atom is -0.362 e. The lowest BCUT2D eigenvalue weighted by Crippen LogP contribution is -2.19. The van der Waals surface area contributed by atoms with E-state index in [1.165, 1.54) is 6.92 Å². The second-order valence-corrected chi connectivity index (χ2v) is 4.86. The summed E-state index contributed by atoms with van der Waals surface area (Å²) in [7, 11) is 3.67. The minimum atomic E-state index is -0.234. The molecule has 0 atom stereocenters. The van der Waals surface area contributed by atoms with Gasteiger partial charge in [-0.15, -0.1) is 0 Å². The summed E-state index contributed by atoms with van der Waals surface area (Å²) in [5.41, 5.74) is 1.75. The predicted molar refractivity (Wildman–Crippen MR) is 83.0 cm³/mol. The lowest BCUT2D eigenvalue weighted by molar-refractivity contribution is 0.101. The van der Waals surface area contributed by atoms with E-state index in [0.29, 0.717) is 22.6 Å². The first-order valence-corrected chi connectivity index (χ1v) is 6.53. The molecule has 21 heavy (non-hydrogen) atoms. The number of nitrogens with one attached hydrogen (secondary N) is 1. The zero-order valence-corrected chi connectivity index (χ0v) is 12.3. The van der Waals surface area contributed by atoms with Gasteiger partial charge in [-0.1, -0.05) is 0 Å². The van der Waals surface area contributed by atoms with Crippen molar-refractivity contribution in [3.05, 3.63) is 53.7 Å². The number of ketones is 1. The molecule has 108 valence electrons. The van der Waals surface area contributed by atoms with E-state index in [4.69, 9.17) is 0 Å². The standard InChI is InChI=1S/C16H17N3O2/c1-11(20)12-6-8-13(9-7-12)18-16(21)14-5-4-10-17-15(14)19(2)3/h4-10H,1-3H3,(H,18,21). The molecule has 0 fully saturated rings. The normalized spacial score (nSPS) is 10.0. The van der Waals surface area contributed by atoms with Gasteiger partial charge in [-0.05, 0) is 43.3 Å². The average Bonchev–Trinajstić information content (AvgIpc) is 2.47. The van der Waals surface area contributed by atoms with Crippen LogP contribution in [0.5, 0.6) is 0 Å². The van der Waals surface area contributed by atoms with Crippen molar-refractivity contribution < 1.29 is 9.59 Å². The second kappa shape index (κ2) is 6.17. The largest absolute Gasteiger partial charge is 0.362 e. The van der Waals surface area contributed by atoms with Gasteiger partial charge < -0.3 is 10.2 Å². The van der Waals surface area contributed by atoms with Crippen LogP contribution in [-0.4, -0.2) is 30.8 Å². The lowest BCUT2D eigenvalue weighted by atomic mass is 10.1. The van der Waals surface area contributed by atoms with Crippen molar-refractivity contribution in [2.24, 2.45) is 0 Å². The van der Waals surface area contributed by atoms with Gasteiger partial charge >= 0.3 is 0 Å². The predicted octanol–water partition coefficient (Wildman–Crippen LogP) is 2.60. The number of hydrogen-bond acceptors (Lipinski definition) is 4. The fourth-order valence-electron chi connectivity index (χ4n) is 1.92. The second-order valence-electron chi connectivity index (χ2n) is 4.86. The molecule has 0 unspecified atom stereocenters. The number of anilines is 2. The Morgan fingerprint density at radius 3 is 2.33 bits per heavy atom. The van der Waals surface area contributed by atoms with Crippen molar-refractivity contribution in [3.8, 4) is 0 Å². The number of carbonyl (C=O) groups is 2. The van der Waals surface area contributed by atoms with Crippen LogP contribution in [0.2, 0.25) is 0 Å². The number of aromatic nitrogens is 1. The van der Waals surface area contributed by atoms with Crippen LogP contribution in [0.3, 0.4) is 0 Å². The summed E-state index contributed by atoms with van der Waals surface area (Å²) >= 11 is 0. The third-order valence-corrected chi connectivity index (χ3v) is 3.00. The molecule has 1 amide bonds. The first-order valence-electron chi connectivity index (χ1n) is 6.53. The highest BCUT2D eigenvalue weighted by molar-refractivity contribution is 6.07. The van der Waals surface area contributed by atoms with Crippen molar-refractivity contribution in [2.45, 2.75) is 6.92 Å². The van der Waals surface area contributed by atoms with E-state index >= 15 is 0 Å². The molecule has 0 spiro atoms. The van der Waals surface area contributed by atoms with Crippen LogP contribution in [-0.2, 0) is 0 Å². The van der Waals surface area contributed by atoms with Crippen molar-refractivity contribution in [2.75, 3.05) is 24.3 Å². The zero-order chi connectivity index (χ0) is 15.4. The Morgan fingerprint density at radius 1 is 1.10 bits per heavy atom. The molecule has 2 aromatic rings. The first-order chi connectivity index (χ1) is 9.99. The number of nitrogens with zero attached hydrogens (tertiary/aromatic N) is 2. The van der Waals surface area contributed by atoms with Crippen molar-refractivity contribution >= 4 is 23.2 Å². The van der Waals surface area contributed by atoms with E-state index in [9.17, 15) is 9.59 Å². The summed E-state index contributed by atoms with van der Waals surface area (Å²) < 4.78 is 0. The van der Waals surface area contributed by atoms with Gasteiger partial charge in [0.25, 0.3) is 5.91 Å². The molecule has 0 bridgehead atoms. The quantitative estimate of drug-likeness (QED) is 0.876. The SMILES string of the molecule is CC(=O)c1ccc(NC(=O)c2cccnc2N(C)C)cc1. The third-order valence-electron chi connectivity index (χ3n) is 3.00. The van der Waals surface area contributed by atoms with Gasteiger partial charge in [0.05, 0.1) is 5.56 Å². The fourth-order valence-corrected chi connectivity index (χ4v) is 1.92. The van der Waals surface area contributed by atoms with Crippen molar-refractivity contribution in [3.63, 3.8) is 0 Å². The smallest absolute Gasteiger partial charge is 0.259 e. The van der Waals surface area contributed by atoms with Crippen LogP contribution in [0.4, 0.5) is 11.5 Å².